The SMILES string of the molecule is CN(/N=C\c1cccc(OC2CSC2)c1)C(=O)OCc1ccccc1. The van der Waals surface area contributed by atoms with Crippen molar-refractivity contribution in [1.29, 1.82) is 0 Å². The summed E-state index contributed by atoms with van der Waals surface area (Å²) in [6.45, 7) is 0.224. The summed E-state index contributed by atoms with van der Waals surface area (Å²) >= 11 is 1.88. The maximum Gasteiger partial charge on any atom is 0.430 e. The van der Waals surface area contributed by atoms with E-state index in [4.69, 9.17) is 9.47 Å². The molecule has 1 amide bonds. The number of rotatable bonds is 6. The fraction of sp³-hybridized carbons (Fsp3) is 0.263. The number of hydrogen-bond acceptors (Lipinski definition) is 5. The van der Waals surface area contributed by atoms with Crippen molar-refractivity contribution in [2.45, 2.75) is 12.7 Å². The molecule has 1 saturated heterocycles. The van der Waals surface area contributed by atoms with Crippen LogP contribution in [0.4, 0.5) is 4.79 Å². The van der Waals surface area contributed by atoms with Gasteiger partial charge in [-0.1, -0.05) is 42.5 Å². The van der Waals surface area contributed by atoms with E-state index in [1.54, 1.807) is 13.3 Å². The lowest BCUT2D eigenvalue weighted by atomic mass is 10.2. The normalized spacial score (nSPS) is 14.1. The monoisotopic (exact) mass is 356 g/mol. The van der Waals surface area contributed by atoms with Crippen LogP contribution in [-0.4, -0.2) is 42.0 Å². The number of thioether (sulfide) groups is 1. The van der Waals surface area contributed by atoms with Crippen molar-refractivity contribution in [1.82, 2.24) is 5.01 Å². The number of carbonyl (C=O) groups excluding carboxylic acids is 1. The molecule has 0 aromatic heterocycles. The second kappa shape index (κ2) is 8.58. The fourth-order valence-corrected chi connectivity index (χ4v) is 2.72. The van der Waals surface area contributed by atoms with Crippen molar-refractivity contribution in [3.05, 3.63) is 65.7 Å². The van der Waals surface area contributed by atoms with E-state index in [-0.39, 0.29) is 6.61 Å². The summed E-state index contributed by atoms with van der Waals surface area (Å²) in [6, 6.07) is 17.2. The summed E-state index contributed by atoms with van der Waals surface area (Å²) in [5.41, 5.74) is 1.81. The van der Waals surface area contributed by atoms with Gasteiger partial charge in [-0.25, -0.2) is 9.80 Å². The molecule has 1 fully saturated rings. The summed E-state index contributed by atoms with van der Waals surface area (Å²) in [7, 11) is 1.57. The minimum Gasteiger partial charge on any atom is -0.489 e. The van der Waals surface area contributed by atoms with Gasteiger partial charge in [0.15, 0.2) is 0 Å². The molecule has 5 nitrogen and oxygen atoms in total. The van der Waals surface area contributed by atoms with Crippen LogP contribution < -0.4 is 4.74 Å². The molecule has 0 saturated carbocycles. The van der Waals surface area contributed by atoms with Gasteiger partial charge in [-0.15, -0.1) is 0 Å². The van der Waals surface area contributed by atoms with E-state index in [1.807, 2.05) is 66.4 Å². The van der Waals surface area contributed by atoms with Gasteiger partial charge in [0.25, 0.3) is 0 Å². The van der Waals surface area contributed by atoms with Crippen molar-refractivity contribution in [3.63, 3.8) is 0 Å². The van der Waals surface area contributed by atoms with Gasteiger partial charge in [-0.2, -0.15) is 16.9 Å². The molecule has 1 aliphatic rings. The maximum atomic E-state index is 12.0. The Morgan fingerprint density at radius 1 is 1.24 bits per heavy atom. The highest BCUT2D eigenvalue weighted by Gasteiger charge is 2.19. The van der Waals surface area contributed by atoms with Crippen molar-refractivity contribution in [3.8, 4) is 5.75 Å². The number of ether oxygens (including phenoxy) is 2. The third-order valence-corrected chi connectivity index (χ3v) is 4.83. The first kappa shape index (κ1) is 17.4. The third kappa shape index (κ3) is 5.26. The van der Waals surface area contributed by atoms with Crippen LogP contribution in [0.5, 0.6) is 5.75 Å². The zero-order chi connectivity index (χ0) is 17.5. The highest BCUT2D eigenvalue weighted by Crippen LogP contribution is 2.24. The summed E-state index contributed by atoms with van der Waals surface area (Å²) in [5.74, 6) is 2.89. The molecule has 2 aromatic carbocycles. The Morgan fingerprint density at radius 2 is 2.04 bits per heavy atom. The minimum atomic E-state index is -0.501. The molecule has 3 rings (SSSR count). The molecular weight excluding hydrogens is 336 g/mol. The zero-order valence-electron chi connectivity index (χ0n) is 14.0. The summed E-state index contributed by atoms with van der Waals surface area (Å²) in [6.07, 6.45) is 1.42. The van der Waals surface area contributed by atoms with Gasteiger partial charge in [-0.05, 0) is 23.3 Å². The summed E-state index contributed by atoms with van der Waals surface area (Å²) < 4.78 is 11.1. The Bertz CT molecular complexity index is 732. The van der Waals surface area contributed by atoms with Crippen molar-refractivity contribution in [2.75, 3.05) is 18.6 Å². The van der Waals surface area contributed by atoms with E-state index in [9.17, 15) is 4.79 Å². The number of hydrogen-bond donors (Lipinski definition) is 0. The molecular formula is C19H20N2O3S. The molecule has 0 N–H and O–H groups in total. The Hall–Kier alpha value is -2.47. The molecule has 0 spiro atoms. The average molecular weight is 356 g/mol. The van der Waals surface area contributed by atoms with E-state index >= 15 is 0 Å². The predicted molar refractivity (Wildman–Crippen MR) is 100 cm³/mol. The van der Waals surface area contributed by atoms with E-state index in [0.29, 0.717) is 6.10 Å². The standard InChI is InChI=1S/C19H20N2O3S/c1-21(19(22)23-12-15-6-3-2-4-7-15)20-11-16-8-5-9-17(10-16)24-18-13-25-14-18/h2-11,18H,12-14H2,1H3/b20-11-. The predicted octanol–water partition coefficient (Wildman–Crippen LogP) is 3.78. The van der Waals surface area contributed by atoms with E-state index in [1.165, 1.54) is 5.01 Å². The van der Waals surface area contributed by atoms with Crippen LogP contribution in [0.25, 0.3) is 0 Å². The Morgan fingerprint density at radius 3 is 2.76 bits per heavy atom. The number of amides is 1. The van der Waals surface area contributed by atoms with Crippen LogP contribution in [0.2, 0.25) is 0 Å². The first-order valence-electron chi connectivity index (χ1n) is 8.03. The second-order valence-electron chi connectivity index (χ2n) is 5.66. The van der Waals surface area contributed by atoms with Gasteiger partial charge in [0.05, 0.1) is 6.21 Å². The lowest BCUT2D eigenvalue weighted by molar-refractivity contribution is 0.106. The Labute approximate surface area is 151 Å². The van der Waals surface area contributed by atoms with Gasteiger partial charge < -0.3 is 9.47 Å². The Balaban J connectivity index is 1.51. The van der Waals surface area contributed by atoms with Crippen molar-refractivity contribution in [2.24, 2.45) is 5.10 Å². The fourth-order valence-electron chi connectivity index (χ4n) is 2.16. The van der Waals surface area contributed by atoms with Crippen LogP contribution in [-0.2, 0) is 11.3 Å². The Kier molecular flexibility index (Phi) is 5.95. The number of nitrogens with zero attached hydrogens (tertiary/aromatic N) is 2. The molecule has 2 aromatic rings. The zero-order valence-corrected chi connectivity index (χ0v) is 14.8. The number of carbonyl (C=O) groups is 1. The molecule has 0 atom stereocenters. The largest absolute Gasteiger partial charge is 0.489 e. The molecule has 25 heavy (non-hydrogen) atoms. The van der Waals surface area contributed by atoms with Gasteiger partial charge >= 0.3 is 6.09 Å². The van der Waals surface area contributed by atoms with E-state index in [2.05, 4.69) is 5.10 Å². The molecule has 6 heteroatoms. The van der Waals surface area contributed by atoms with Crippen LogP contribution in [0, 0.1) is 0 Å². The van der Waals surface area contributed by atoms with Crippen LogP contribution in [0.15, 0.2) is 59.7 Å². The first-order chi connectivity index (χ1) is 12.2. The lowest BCUT2D eigenvalue weighted by Crippen LogP contribution is -2.31. The quantitative estimate of drug-likeness (QED) is 0.584. The average Bonchev–Trinajstić information content (AvgIpc) is 2.62. The molecule has 0 bridgehead atoms. The molecule has 0 radical (unpaired) electrons. The smallest absolute Gasteiger partial charge is 0.430 e. The summed E-state index contributed by atoms with van der Waals surface area (Å²) in [5, 5.41) is 5.31. The van der Waals surface area contributed by atoms with Crippen LogP contribution in [0.3, 0.4) is 0 Å². The topological polar surface area (TPSA) is 51.1 Å². The molecule has 1 heterocycles. The summed E-state index contributed by atoms with van der Waals surface area (Å²) in [4.78, 5) is 12.0. The van der Waals surface area contributed by atoms with Crippen molar-refractivity contribution < 1.29 is 14.3 Å². The number of hydrazone groups is 1. The molecule has 130 valence electrons. The molecule has 0 aliphatic carbocycles. The minimum absolute atomic E-state index is 0.224. The third-order valence-electron chi connectivity index (χ3n) is 3.62. The van der Waals surface area contributed by atoms with E-state index < -0.39 is 6.09 Å². The van der Waals surface area contributed by atoms with Gasteiger partial charge in [-0.3, -0.25) is 0 Å². The highest BCUT2D eigenvalue weighted by atomic mass is 32.2. The lowest BCUT2D eigenvalue weighted by Gasteiger charge is -2.25. The maximum absolute atomic E-state index is 12.0. The highest BCUT2D eigenvalue weighted by molar-refractivity contribution is 8.00. The van der Waals surface area contributed by atoms with Crippen LogP contribution >= 0.6 is 11.8 Å². The first-order valence-corrected chi connectivity index (χ1v) is 9.19. The van der Waals surface area contributed by atoms with Crippen molar-refractivity contribution >= 4 is 24.1 Å². The van der Waals surface area contributed by atoms with Gasteiger partial charge in [0.1, 0.15) is 18.5 Å². The molecule has 1 aliphatic heterocycles. The second-order valence-corrected chi connectivity index (χ2v) is 6.73. The van der Waals surface area contributed by atoms with Gasteiger partial charge in [0.2, 0.25) is 0 Å². The number of benzene rings is 2. The van der Waals surface area contributed by atoms with Crippen LogP contribution in [0.1, 0.15) is 11.1 Å². The van der Waals surface area contributed by atoms with Gasteiger partial charge in [0, 0.05) is 18.6 Å². The molecule has 0 unspecified atom stereocenters. The van der Waals surface area contributed by atoms with E-state index in [0.717, 1.165) is 28.4 Å².